The first kappa shape index (κ1) is 17.0. The average Bonchev–Trinajstić information content (AvgIpc) is 3.18. The van der Waals surface area contributed by atoms with Gasteiger partial charge in [0, 0.05) is 23.4 Å². The molecule has 1 aromatic heterocycles. The van der Waals surface area contributed by atoms with E-state index in [4.69, 9.17) is 0 Å². The maximum Gasteiger partial charge on any atom is 0.322 e. The number of para-hydroxylation sites is 1. The van der Waals surface area contributed by atoms with Gasteiger partial charge in [0.15, 0.2) is 9.84 Å². The van der Waals surface area contributed by atoms with Gasteiger partial charge in [-0.3, -0.25) is 0 Å². The molecule has 0 unspecified atom stereocenters. The van der Waals surface area contributed by atoms with E-state index in [-0.39, 0.29) is 17.8 Å². The normalized spacial score (nSPS) is 17.9. The van der Waals surface area contributed by atoms with Crippen molar-refractivity contribution in [3.05, 3.63) is 52.2 Å². The highest BCUT2D eigenvalue weighted by Crippen LogP contribution is 2.35. The van der Waals surface area contributed by atoms with Gasteiger partial charge in [0.25, 0.3) is 0 Å². The summed E-state index contributed by atoms with van der Waals surface area (Å²) in [6.07, 6.45) is 3.12. The standard InChI is InChI=1S/C17H20N2O3S2/c1-24(21,22)12-13-6-2-3-7-14(13)18-17(20)19-10-4-8-15(19)16-9-5-11-23-16/h2-3,5-7,9,11,15H,4,8,10,12H2,1H3,(H,18,20)/t15-/m1/s1. The van der Waals surface area contributed by atoms with Gasteiger partial charge >= 0.3 is 6.03 Å². The molecule has 1 aliphatic heterocycles. The third-order valence-electron chi connectivity index (χ3n) is 4.06. The van der Waals surface area contributed by atoms with Crippen LogP contribution in [0.25, 0.3) is 0 Å². The van der Waals surface area contributed by atoms with Crippen molar-refractivity contribution in [3.8, 4) is 0 Å². The molecular formula is C17H20N2O3S2. The predicted molar refractivity (Wildman–Crippen MR) is 97.0 cm³/mol. The minimum Gasteiger partial charge on any atom is -0.317 e. The maximum atomic E-state index is 12.7. The van der Waals surface area contributed by atoms with E-state index in [0.717, 1.165) is 12.8 Å². The van der Waals surface area contributed by atoms with Crippen LogP contribution in [-0.2, 0) is 15.6 Å². The molecule has 0 spiro atoms. The summed E-state index contributed by atoms with van der Waals surface area (Å²) in [5, 5.41) is 4.91. The molecule has 0 aliphatic carbocycles. The largest absolute Gasteiger partial charge is 0.322 e. The molecule has 0 saturated carbocycles. The number of rotatable bonds is 4. The highest BCUT2D eigenvalue weighted by molar-refractivity contribution is 7.89. The molecule has 2 aromatic rings. The Morgan fingerprint density at radius 2 is 2.08 bits per heavy atom. The Labute approximate surface area is 146 Å². The molecular weight excluding hydrogens is 344 g/mol. The van der Waals surface area contributed by atoms with Gasteiger partial charge < -0.3 is 10.2 Å². The maximum absolute atomic E-state index is 12.7. The molecule has 7 heteroatoms. The fourth-order valence-corrected chi connectivity index (χ4v) is 4.71. The number of amides is 2. The summed E-state index contributed by atoms with van der Waals surface area (Å²) in [6, 6.07) is 11.0. The molecule has 1 atom stereocenters. The van der Waals surface area contributed by atoms with Gasteiger partial charge in [0.05, 0.1) is 11.8 Å². The van der Waals surface area contributed by atoms with E-state index in [1.807, 2.05) is 16.3 Å². The van der Waals surface area contributed by atoms with Gasteiger partial charge in [-0.15, -0.1) is 11.3 Å². The van der Waals surface area contributed by atoms with Crippen LogP contribution in [0.2, 0.25) is 0 Å². The second-order valence-electron chi connectivity index (χ2n) is 6.02. The van der Waals surface area contributed by atoms with Crippen LogP contribution >= 0.6 is 11.3 Å². The lowest BCUT2D eigenvalue weighted by atomic mass is 10.2. The van der Waals surface area contributed by atoms with E-state index in [1.165, 1.54) is 11.1 Å². The Morgan fingerprint density at radius 1 is 1.29 bits per heavy atom. The zero-order chi connectivity index (χ0) is 17.2. The zero-order valence-electron chi connectivity index (χ0n) is 13.4. The molecule has 1 N–H and O–H groups in total. The summed E-state index contributed by atoms with van der Waals surface area (Å²) in [4.78, 5) is 15.7. The van der Waals surface area contributed by atoms with Crippen LogP contribution in [0.5, 0.6) is 0 Å². The topological polar surface area (TPSA) is 66.5 Å². The van der Waals surface area contributed by atoms with Crippen molar-refractivity contribution in [2.75, 3.05) is 18.1 Å². The van der Waals surface area contributed by atoms with Crippen molar-refractivity contribution in [3.63, 3.8) is 0 Å². The second-order valence-corrected chi connectivity index (χ2v) is 9.14. The van der Waals surface area contributed by atoms with Crippen molar-refractivity contribution in [2.45, 2.75) is 24.6 Å². The summed E-state index contributed by atoms with van der Waals surface area (Å²) < 4.78 is 23.2. The molecule has 128 valence electrons. The Bertz CT molecular complexity index is 816. The van der Waals surface area contributed by atoms with Crippen LogP contribution in [0.4, 0.5) is 10.5 Å². The van der Waals surface area contributed by atoms with Crippen LogP contribution in [0.1, 0.15) is 29.3 Å². The number of carbonyl (C=O) groups excluding carboxylic acids is 1. The molecule has 1 aliphatic rings. The number of urea groups is 1. The van der Waals surface area contributed by atoms with Crippen molar-refractivity contribution in [1.82, 2.24) is 4.90 Å². The number of thiophene rings is 1. The lowest BCUT2D eigenvalue weighted by Gasteiger charge is -2.24. The van der Waals surface area contributed by atoms with Gasteiger partial charge in [-0.1, -0.05) is 24.3 Å². The molecule has 3 rings (SSSR count). The lowest BCUT2D eigenvalue weighted by Crippen LogP contribution is -2.34. The number of anilines is 1. The van der Waals surface area contributed by atoms with Crippen molar-refractivity contribution < 1.29 is 13.2 Å². The van der Waals surface area contributed by atoms with Crippen LogP contribution in [0.15, 0.2) is 41.8 Å². The Hall–Kier alpha value is -1.86. The van der Waals surface area contributed by atoms with Gasteiger partial charge in [0.2, 0.25) is 0 Å². The van der Waals surface area contributed by atoms with E-state index in [2.05, 4.69) is 11.4 Å². The third kappa shape index (κ3) is 3.96. The van der Waals surface area contributed by atoms with Crippen LogP contribution in [-0.4, -0.2) is 32.1 Å². The highest BCUT2D eigenvalue weighted by atomic mass is 32.2. The number of hydrogen-bond donors (Lipinski definition) is 1. The van der Waals surface area contributed by atoms with Gasteiger partial charge in [-0.25, -0.2) is 13.2 Å². The fourth-order valence-electron chi connectivity index (χ4n) is 3.02. The lowest BCUT2D eigenvalue weighted by molar-refractivity contribution is 0.208. The number of benzene rings is 1. The molecule has 2 amide bonds. The fraction of sp³-hybridized carbons (Fsp3) is 0.353. The first-order valence-corrected chi connectivity index (χ1v) is 10.7. The molecule has 1 fully saturated rings. The zero-order valence-corrected chi connectivity index (χ0v) is 15.1. The van der Waals surface area contributed by atoms with E-state index >= 15 is 0 Å². The molecule has 2 heterocycles. The van der Waals surface area contributed by atoms with Crippen LogP contribution < -0.4 is 5.32 Å². The van der Waals surface area contributed by atoms with E-state index in [1.54, 1.807) is 35.6 Å². The Morgan fingerprint density at radius 3 is 2.79 bits per heavy atom. The second kappa shape index (κ2) is 6.94. The average molecular weight is 364 g/mol. The number of sulfone groups is 1. The molecule has 0 bridgehead atoms. The first-order chi connectivity index (χ1) is 11.4. The number of nitrogens with zero attached hydrogens (tertiary/aromatic N) is 1. The van der Waals surface area contributed by atoms with Crippen molar-refractivity contribution in [1.29, 1.82) is 0 Å². The SMILES string of the molecule is CS(=O)(=O)Cc1ccccc1NC(=O)N1CCC[C@@H]1c1cccs1. The minimum atomic E-state index is -3.16. The smallest absolute Gasteiger partial charge is 0.317 e. The van der Waals surface area contributed by atoms with Gasteiger partial charge in [-0.2, -0.15) is 0 Å². The monoisotopic (exact) mass is 364 g/mol. The van der Waals surface area contributed by atoms with E-state index < -0.39 is 9.84 Å². The van der Waals surface area contributed by atoms with Crippen LogP contribution in [0, 0.1) is 0 Å². The minimum absolute atomic E-state index is 0.0855. The van der Waals surface area contributed by atoms with Gasteiger partial charge in [-0.05, 0) is 35.9 Å². The quantitative estimate of drug-likeness (QED) is 0.900. The molecule has 24 heavy (non-hydrogen) atoms. The summed E-state index contributed by atoms with van der Waals surface area (Å²) in [7, 11) is -3.16. The van der Waals surface area contributed by atoms with Crippen molar-refractivity contribution >= 4 is 32.9 Å². The Kier molecular flexibility index (Phi) is 4.91. The number of hydrogen-bond acceptors (Lipinski definition) is 4. The van der Waals surface area contributed by atoms with E-state index in [0.29, 0.717) is 17.8 Å². The predicted octanol–water partition coefficient (Wildman–Crippen LogP) is 3.66. The Balaban J connectivity index is 1.78. The summed E-state index contributed by atoms with van der Waals surface area (Å²) in [5.41, 5.74) is 1.17. The number of likely N-dealkylation sites (tertiary alicyclic amines) is 1. The first-order valence-electron chi connectivity index (χ1n) is 7.81. The summed E-state index contributed by atoms with van der Waals surface area (Å²) >= 11 is 1.66. The molecule has 1 aromatic carbocycles. The third-order valence-corrected chi connectivity index (χ3v) is 5.87. The summed E-state index contributed by atoms with van der Waals surface area (Å²) in [5.74, 6) is -0.0855. The molecule has 5 nitrogen and oxygen atoms in total. The highest BCUT2D eigenvalue weighted by Gasteiger charge is 2.30. The molecule has 0 radical (unpaired) electrons. The number of nitrogens with one attached hydrogen (secondary N) is 1. The van der Waals surface area contributed by atoms with Gasteiger partial charge in [0.1, 0.15) is 0 Å². The van der Waals surface area contributed by atoms with Crippen molar-refractivity contribution in [2.24, 2.45) is 0 Å². The number of carbonyl (C=O) groups is 1. The van der Waals surface area contributed by atoms with Crippen LogP contribution in [0.3, 0.4) is 0 Å². The summed E-state index contributed by atoms with van der Waals surface area (Å²) in [6.45, 7) is 0.711. The molecule has 1 saturated heterocycles. The van der Waals surface area contributed by atoms with E-state index in [9.17, 15) is 13.2 Å².